The van der Waals surface area contributed by atoms with E-state index < -0.39 is 0 Å². The van der Waals surface area contributed by atoms with Crippen molar-refractivity contribution in [3.8, 4) is 0 Å². The van der Waals surface area contributed by atoms with E-state index in [0.29, 0.717) is 25.0 Å². The van der Waals surface area contributed by atoms with Gasteiger partial charge in [0.05, 0.1) is 6.61 Å². The molecule has 0 spiro atoms. The van der Waals surface area contributed by atoms with Gasteiger partial charge in [-0.05, 0) is 37.5 Å². The third kappa shape index (κ3) is 3.70. The molecule has 1 aromatic rings. The zero-order chi connectivity index (χ0) is 11.3. The van der Waals surface area contributed by atoms with Crippen LogP contribution in [0.2, 0.25) is 0 Å². The second-order valence-electron chi connectivity index (χ2n) is 3.39. The summed E-state index contributed by atoms with van der Waals surface area (Å²) in [4.78, 5) is 11.1. The van der Waals surface area contributed by atoms with Gasteiger partial charge in [0.1, 0.15) is 5.82 Å². The number of ether oxygens (including phenoxy) is 1. The molecule has 0 bridgehead atoms. The van der Waals surface area contributed by atoms with Crippen molar-refractivity contribution >= 4 is 5.97 Å². The van der Waals surface area contributed by atoms with Crippen LogP contribution in [0.15, 0.2) is 18.2 Å². The summed E-state index contributed by atoms with van der Waals surface area (Å²) in [6.07, 6.45) is 0.826. The molecule has 82 valence electrons. The van der Waals surface area contributed by atoms with Crippen LogP contribution in [0.3, 0.4) is 0 Å². The molecule has 0 unspecified atom stereocenters. The third-order valence-electron chi connectivity index (χ3n) is 2.16. The zero-order valence-corrected chi connectivity index (χ0v) is 9.05. The minimum absolute atomic E-state index is 0.226. The van der Waals surface area contributed by atoms with E-state index in [0.717, 1.165) is 5.56 Å². The highest BCUT2D eigenvalue weighted by Crippen LogP contribution is 2.11. The number of rotatable bonds is 4. The van der Waals surface area contributed by atoms with Gasteiger partial charge in [0.2, 0.25) is 0 Å². The fourth-order valence-electron chi connectivity index (χ4n) is 1.27. The van der Waals surface area contributed by atoms with Crippen LogP contribution < -0.4 is 0 Å². The SMILES string of the molecule is CCOC(=O)CCc1ccc(C)c(F)c1. The summed E-state index contributed by atoms with van der Waals surface area (Å²) in [6.45, 7) is 3.87. The summed E-state index contributed by atoms with van der Waals surface area (Å²) in [6, 6.07) is 5.02. The molecule has 1 rings (SSSR count). The molecular weight excluding hydrogens is 195 g/mol. The maximum atomic E-state index is 13.1. The van der Waals surface area contributed by atoms with Crippen LogP contribution in [-0.2, 0) is 16.0 Å². The molecule has 0 amide bonds. The van der Waals surface area contributed by atoms with Crippen molar-refractivity contribution in [1.82, 2.24) is 0 Å². The van der Waals surface area contributed by atoms with Gasteiger partial charge < -0.3 is 4.74 Å². The Morgan fingerprint density at radius 1 is 1.47 bits per heavy atom. The molecule has 3 heteroatoms. The summed E-state index contributed by atoms with van der Waals surface area (Å²) in [5.41, 5.74) is 1.45. The van der Waals surface area contributed by atoms with Crippen LogP contribution in [0.1, 0.15) is 24.5 Å². The highest BCUT2D eigenvalue weighted by atomic mass is 19.1. The predicted octanol–water partition coefficient (Wildman–Crippen LogP) is 2.63. The van der Waals surface area contributed by atoms with Gasteiger partial charge in [-0.25, -0.2) is 4.39 Å². The van der Waals surface area contributed by atoms with Crippen LogP contribution in [0, 0.1) is 12.7 Å². The Kier molecular flexibility index (Phi) is 4.28. The van der Waals surface area contributed by atoms with Gasteiger partial charge in [-0.3, -0.25) is 4.79 Å². The van der Waals surface area contributed by atoms with Crippen LogP contribution >= 0.6 is 0 Å². The summed E-state index contributed by atoms with van der Waals surface area (Å²) >= 11 is 0. The number of esters is 1. The van der Waals surface area contributed by atoms with Crippen LogP contribution in [0.25, 0.3) is 0 Å². The van der Waals surface area contributed by atoms with Gasteiger partial charge in [-0.1, -0.05) is 12.1 Å². The fourth-order valence-corrected chi connectivity index (χ4v) is 1.27. The largest absolute Gasteiger partial charge is 0.466 e. The molecule has 0 aromatic heterocycles. The molecule has 0 saturated carbocycles. The van der Waals surface area contributed by atoms with Crippen molar-refractivity contribution in [3.05, 3.63) is 35.1 Å². The Morgan fingerprint density at radius 3 is 2.80 bits per heavy atom. The average molecular weight is 210 g/mol. The third-order valence-corrected chi connectivity index (χ3v) is 2.16. The van der Waals surface area contributed by atoms with Gasteiger partial charge in [-0.15, -0.1) is 0 Å². The van der Waals surface area contributed by atoms with Crippen molar-refractivity contribution in [1.29, 1.82) is 0 Å². The van der Waals surface area contributed by atoms with Crippen molar-refractivity contribution in [2.24, 2.45) is 0 Å². The first kappa shape index (κ1) is 11.7. The van der Waals surface area contributed by atoms with Gasteiger partial charge in [0.25, 0.3) is 0 Å². The number of halogens is 1. The van der Waals surface area contributed by atoms with E-state index in [1.807, 2.05) is 6.07 Å². The lowest BCUT2D eigenvalue weighted by atomic mass is 10.1. The number of carbonyl (C=O) groups is 1. The first-order valence-corrected chi connectivity index (χ1v) is 5.04. The second-order valence-corrected chi connectivity index (χ2v) is 3.39. The van der Waals surface area contributed by atoms with E-state index in [1.54, 1.807) is 19.9 Å². The highest BCUT2D eigenvalue weighted by molar-refractivity contribution is 5.69. The maximum Gasteiger partial charge on any atom is 0.306 e. The van der Waals surface area contributed by atoms with Crippen LogP contribution in [-0.4, -0.2) is 12.6 Å². The van der Waals surface area contributed by atoms with Gasteiger partial charge in [-0.2, -0.15) is 0 Å². The average Bonchev–Trinajstić information content (AvgIpc) is 2.20. The molecule has 0 aliphatic rings. The Hall–Kier alpha value is -1.38. The summed E-state index contributed by atoms with van der Waals surface area (Å²) in [5.74, 6) is -0.463. The van der Waals surface area contributed by atoms with Crippen molar-refractivity contribution < 1.29 is 13.9 Å². The number of benzene rings is 1. The minimum Gasteiger partial charge on any atom is -0.466 e. The molecule has 0 heterocycles. The zero-order valence-electron chi connectivity index (χ0n) is 9.05. The van der Waals surface area contributed by atoms with Crippen molar-refractivity contribution in [2.75, 3.05) is 6.61 Å². The molecule has 0 atom stereocenters. The Morgan fingerprint density at radius 2 is 2.20 bits per heavy atom. The molecule has 1 aromatic carbocycles. The Labute approximate surface area is 89.1 Å². The van der Waals surface area contributed by atoms with E-state index in [2.05, 4.69) is 0 Å². The predicted molar refractivity (Wildman–Crippen MR) is 56.1 cm³/mol. The molecule has 15 heavy (non-hydrogen) atoms. The number of carbonyl (C=O) groups excluding carboxylic acids is 1. The normalized spacial score (nSPS) is 10.1. The lowest BCUT2D eigenvalue weighted by Gasteiger charge is -2.03. The topological polar surface area (TPSA) is 26.3 Å². The van der Waals surface area contributed by atoms with E-state index in [-0.39, 0.29) is 11.8 Å². The Balaban J connectivity index is 2.51. The van der Waals surface area contributed by atoms with Crippen molar-refractivity contribution in [2.45, 2.75) is 26.7 Å². The molecule has 0 aliphatic carbocycles. The standard InChI is InChI=1S/C12H15FO2/c1-3-15-12(14)7-6-10-5-4-9(2)11(13)8-10/h4-5,8H,3,6-7H2,1-2H3. The summed E-state index contributed by atoms with van der Waals surface area (Å²) in [5, 5.41) is 0. The van der Waals surface area contributed by atoms with E-state index in [1.165, 1.54) is 6.07 Å². The van der Waals surface area contributed by atoms with Crippen LogP contribution in [0.4, 0.5) is 4.39 Å². The van der Waals surface area contributed by atoms with Gasteiger partial charge in [0, 0.05) is 6.42 Å². The lowest BCUT2D eigenvalue weighted by molar-refractivity contribution is -0.143. The first-order valence-electron chi connectivity index (χ1n) is 5.04. The Bertz CT molecular complexity index is 347. The summed E-state index contributed by atoms with van der Waals surface area (Å²) in [7, 11) is 0. The van der Waals surface area contributed by atoms with E-state index in [4.69, 9.17) is 4.74 Å². The molecule has 0 fully saturated rings. The molecule has 0 aliphatic heterocycles. The quantitative estimate of drug-likeness (QED) is 0.714. The molecule has 0 radical (unpaired) electrons. The van der Waals surface area contributed by atoms with Crippen molar-refractivity contribution in [3.63, 3.8) is 0 Å². The van der Waals surface area contributed by atoms with Crippen LogP contribution in [0.5, 0.6) is 0 Å². The molecule has 2 nitrogen and oxygen atoms in total. The summed E-state index contributed by atoms with van der Waals surface area (Å²) < 4.78 is 17.9. The number of hydrogen-bond donors (Lipinski definition) is 0. The minimum atomic E-state index is -0.238. The molecule has 0 N–H and O–H groups in total. The molecule has 0 saturated heterocycles. The van der Waals surface area contributed by atoms with Gasteiger partial charge >= 0.3 is 5.97 Å². The second kappa shape index (κ2) is 5.49. The van der Waals surface area contributed by atoms with E-state index >= 15 is 0 Å². The fraction of sp³-hybridized carbons (Fsp3) is 0.417. The first-order chi connectivity index (χ1) is 7.13. The van der Waals surface area contributed by atoms with Gasteiger partial charge in [0.15, 0.2) is 0 Å². The number of hydrogen-bond acceptors (Lipinski definition) is 2. The maximum absolute atomic E-state index is 13.1. The smallest absolute Gasteiger partial charge is 0.306 e. The number of aryl methyl sites for hydroxylation is 2. The molecular formula is C12H15FO2. The highest BCUT2D eigenvalue weighted by Gasteiger charge is 2.04. The van der Waals surface area contributed by atoms with E-state index in [9.17, 15) is 9.18 Å². The lowest BCUT2D eigenvalue weighted by Crippen LogP contribution is -2.05. The monoisotopic (exact) mass is 210 g/mol.